The maximum absolute atomic E-state index is 12.9. The van der Waals surface area contributed by atoms with Crippen LogP contribution in [0.1, 0.15) is 34.9 Å². The van der Waals surface area contributed by atoms with Gasteiger partial charge in [-0.3, -0.25) is 14.9 Å². The molecule has 3 heterocycles. The summed E-state index contributed by atoms with van der Waals surface area (Å²) in [5, 5.41) is 16.5. The van der Waals surface area contributed by atoms with Gasteiger partial charge in [-0.2, -0.15) is 5.10 Å². The molecular weight excluding hydrogens is 316 g/mol. The highest BCUT2D eigenvalue weighted by molar-refractivity contribution is 5.93. The van der Waals surface area contributed by atoms with Crippen molar-refractivity contribution < 1.29 is 9.90 Å². The molecule has 1 aliphatic rings. The van der Waals surface area contributed by atoms with Crippen LogP contribution in [0.4, 0.5) is 0 Å². The second kappa shape index (κ2) is 6.39. The molecule has 1 aromatic carbocycles. The molecule has 0 radical (unpaired) electrons. The van der Waals surface area contributed by atoms with E-state index in [2.05, 4.69) is 15.2 Å². The first-order valence-corrected chi connectivity index (χ1v) is 8.28. The van der Waals surface area contributed by atoms with Gasteiger partial charge < -0.3 is 10.0 Å². The number of likely N-dealkylation sites (tertiary alicyclic amines) is 1. The maximum atomic E-state index is 12.9. The minimum absolute atomic E-state index is 0.0520. The highest BCUT2D eigenvalue weighted by Crippen LogP contribution is 2.32. The molecule has 4 rings (SSSR count). The minimum Gasteiger partial charge on any atom is -0.508 e. The largest absolute Gasteiger partial charge is 0.508 e. The number of phenols is 1. The van der Waals surface area contributed by atoms with E-state index < -0.39 is 0 Å². The van der Waals surface area contributed by atoms with Gasteiger partial charge in [-0.05, 0) is 54.8 Å². The Hall–Kier alpha value is -3.15. The minimum atomic E-state index is -0.0520. The van der Waals surface area contributed by atoms with Crippen LogP contribution >= 0.6 is 0 Å². The van der Waals surface area contributed by atoms with E-state index in [1.54, 1.807) is 36.5 Å². The molecule has 25 heavy (non-hydrogen) atoms. The van der Waals surface area contributed by atoms with E-state index in [4.69, 9.17) is 0 Å². The number of nitrogens with zero attached hydrogens (tertiary/aromatic N) is 3. The van der Waals surface area contributed by atoms with E-state index in [0.717, 1.165) is 30.5 Å². The third-order valence-electron chi connectivity index (χ3n) is 4.55. The normalized spacial score (nSPS) is 17.0. The zero-order valence-corrected chi connectivity index (χ0v) is 13.6. The van der Waals surface area contributed by atoms with Crippen LogP contribution in [0.25, 0.3) is 11.3 Å². The summed E-state index contributed by atoms with van der Waals surface area (Å²) in [6, 6.07) is 12.5. The van der Waals surface area contributed by atoms with Gasteiger partial charge in [0, 0.05) is 24.5 Å². The van der Waals surface area contributed by atoms with Crippen molar-refractivity contribution in [3.05, 3.63) is 66.1 Å². The number of aromatic amines is 1. The van der Waals surface area contributed by atoms with Crippen molar-refractivity contribution in [2.75, 3.05) is 6.54 Å². The fourth-order valence-corrected chi connectivity index (χ4v) is 3.30. The molecule has 0 aliphatic carbocycles. The Balaban J connectivity index is 1.58. The van der Waals surface area contributed by atoms with Gasteiger partial charge in [-0.15, -0.1) is 0 Å². The molecule has 0 saturated carbocycles. The molecular formula is C19H18N4O2. The number of carbonyl (C=O) groups is 1. The summed E-state index contributed by atoms with van der Waals surface area (Å²) in [5.74, 6) is 0.149. The number of nitrogens with one attached hydrogen (secondary N) is 1. The molecule has 1 saturated heterocycles. The van der Waals surface area contributed by atoms with E-state index >= 15 is 0 Å². The summed E-state index contributed by atoms with van der Waals surface area (Å²) in [6.07, 6.45) is 5.48. The van der Waals surface area contributed by atoms with Crippen LogP contribution in [0.3, 0.4) is 0 Å². The van der Waals surface area contributed by atoms with Crippen molar-refractivity contribution >= 4 is 5.91 Å². The van der Waals surface area contributed by atoms with Crippen LogP contribution in [-0.4, -0.2) is 37.6 Å². The van der Waals surface area contributed by atoms with Crippen LogP contribution in [0.15, 0.2) is 54.9 Å². The lowest BCUT2D eigenvalue weighted by molar-refractivity contribution is 0.0729. The van der Waals surface area contributed by atoms with Gasteiger partial charge in [-0.1, -0.05) is 6.07 Å². The Labute approximate surface area is 145 Å². The van der Waals surface area contributed by atoms with Gasteiger partial charge in [-0.25, -0.2) is 0 Å². The van der Waals surface area contributed by atoms with Gasteiger partial charge in [0.2, 0.25) is 0 Å². The zero-order chi connectivity index (χ0) is 17.2. The monoisotopic (exact) mass is 334 g/mol. The molecule has 126 valence electrons. The lowest BCUT2D eigenvalue weighted by Crippen LogP contribution is -2.30. The van der Waals surface area contributed by atoms with Crippen LogP contribution in [0, 0.1) is 0 Å². The smallest absolute Gasteiger partial charge is 0.272 e. The summed E-state index contributed by atoms with van der Waals surface area (Å²) < 4.78 is 0. The van der Waals surface area contributed by atoms with Crippen molar-refractivity contribution in [3.63, 3.8) is 0 Å². The number of rotatable bonds is 3. The van der Waals surface area contributed by atoms with Gasteiger partial charge in [0.05, 0.1) is 11.7 Å². The Morgan fingerprint density at radius 1 is 1.24 bits per heavy atom. The number of phenolic OH excluding ortho intramolecular Hbond substituents is 1. The van der Waals surface area contributed by atoms with Gasteiger partial charge in [0.25, 0.3) is 5.91 Å². The number of amides is 1. The third-order valence-corrected chi connectivity index (χ3v) is 4.55. The van der Waals surface area contributed by atoms with Gasteiger partial charge >= 0.3 is 0 Å². The highest BCUT2D eigenvalue weighted by atomic mass is 16.3. The summed E-state index contributed by atoms with van der Waals surface area (Å²) in [5.41, 5.74) is 3.06. The number of hydrogen-bond donors (Lipinski definition) is 2. The van der Waals surface area contributed by atoms with E-state index in [9.17, 15) is 9.90 Å². The summed E-state index contributed by atoms with van der Waals surface area (Å²) >= 11 is 0. The molecule has 0 bridgehead atoms. The summed E-state index contributed by atoms with van der Waals surface area (Å²) in [4.78, 5) is 19.0. The molecule has 2 N–H and O–H groups in total. The van der Waals surface area contributed by atoms with Crippen LogP contribution < -0.4 is 0 Å². The Morgan fingerprint density at radius 2 is 2.08 bits per heavy atom. The van der Waals surface area contributed by atoms with E-state index in [1.807, 2.05) is 23.2 Å². The van der Waals surface area contributed by atoms with E-state index in [1.165, 1.54) is 0 Å². The fraction of sp³-hybridized carbons (Fsp3) is 0.211. The van der Waals surface area contributed by atoms with Crippen molar-refractivity contribution in [1.82, 2.24) is 20.1 Å². The molecule has 3 aromatic rings. The third kappa shape index (κ3) is 2.98. The molecule has 1 amide bonds. The quantitative estimate of drug-likeness (QED) is 0.771. The summed E-state index contributed by atoms with van der Waals surface area (Å²) in [7, 11) is 0. The van der Waals surface area contributed by atoms with E-state index in [0.29, 0.717) is 11.4 Å². The Bertz CT molecular complexity index is 874. The van der Waals surface area contributed by atoms with Crippen molar-refractivity contribution in [2.45, 2.75) is 18.9 Å². The standard InChI is InChI=1S/C19H18N4O2/c24-15-7-5-13(6-8-15)16-11-17(22-21-16)19(25)23-10-2-4-18(23)14-3-1-9-20-12-14/h1,3,5-9,11-12,18,24H,2,4,10H2,(H,21,22). The number of pyridine rings is 1. The van der Waals surface area contributed by atoms with Crippen LogP contribution in [0.2, 0.25) is 0 Å². The molecule has 0 spiro atoms. The Kier molecular flexibility index (Phi) is 3.93. The van der Waals surface area contributed by atoms with Gasteiger partial charge in [0.15, 0.2) is 0 Å². The highest BCUT2D eigenvalue weighted by Gasteiger charge is 2.31. The molecule has 1 aliphatic heterocycles. The average Bonchev–Trinajstić information content (AvgIpc) is 3.32. The molecule has 6 heteroatoms. The van der Waals surface area contributed by atoms with Crippen LogP contribution in [-0.2, 0) is 0 Å². The number of H-pyrrole nitrogens is 1. The van der Waals surface area contributed by atoms with Crippen molar-refractivity contribution in [1.29, 1.82) is 0 Å². The van der Waals surface area contributed by atoms with Gasteiger partial charge in [0.1, 0.15) is 11.4 Å². The average molecular weight is 334 g/mol. The Morgan fingerprint density at radius 3 is 2.84 bits per heavy atom. The lowest BCUT2D eigenvalue weighted by Gasteiger charge is -2.24. The number of aromatic nitrogens is 3. The number of hydrogen-bond acceptors (Lipinski definition) is 4. The molecule has 6 nitrogen and oxygen atoms in total. The predicted molar refractivity (Wildman–Crippen MR) is 92.9 cm³/mol. The first-order chi connectivity index (χ1) is 12.2. The molecule has 2 aromatic heterocycles. The maximum Gasteiger partial charge on any atom is 0.272 e. The number of aromatic hydroxyl groups is 1. The SMILES string of the molecule is O=C(c1cc(-c2ccc(O)cc2)n[nH]1)N1CCCC1c1cccnc1. The molecule has 1 unspecified atom stereocenters. The zero-order valence-electron chi connectivity index (χ0n) is 13.6. The topological polar surface area (TPSA) is 82.1 Å². The lowest BCUT2D eigenvalue weighted by atomic mass is 10.1. The predicted octanol–water partition coefficient (Wildman–Crippen LogP) is 3.15. The fourth-order valence-electron chi connectivity index (χ4n) is 3.30. The molecule has 1 atom stereocenters. The number of carbonyl (C=O) groups excluding carboxylic acids is 1. The van der Waals surface area contributed by atoms with Crippen molar-refractivity contribution in [3.8, 4) is 17.0 Å². The molecule has 1 fully saturated rings. The number of benzene rings is 1. The van der Waals surface area contributed by atoms with Crippen molar-refractivity contribution in [2.24, 2.45) is 0 Å². The first kappa shape index (κ1) is 15.4. The van der Waals surface area contributed by atoms with E-state index in [-0.39, 0.29) is 17.7 Å². The second-order valence-electron chi connectivity index (χ2n) is 6.16. The first-order valence-electron chi connectivity index (χ1n) is 8.28. The van der Waals surface area contributed by atoms with Crippen LogP contribution in [0.5, 0.6) is 5.75 Å². The second-order valence-corrected chi connectivity index (χ2v) is 6.16. The summed E-state index contributed by atoms with van der Waals surface area (Å²) in [6.45, 7) is 0.728.